The predicted octanol–water partition coefficient (Wildman–Crippen LogP) is 2.70. The van der Waals surface area contributed by atoms with Crippen LogP contribution in [0.2, 0.25) is 0 Å². The Morgan fingerprint density at radius 3 is 2.88 bits per heavy atom. The van der Waals surface area contributed by atoms with Gasteiger partial charge < -0.3 is 5.32 Å². The van der Waals surface area contributed by atoms with Crippen molar-refractivity contribution in [2.24, 2.45) is 0 Å². The van der Waals surface area contributed by atoms with E-state index in [1.807, 2.05) is 10.9 Å². The Morgan fingerprint density at radius 2 is 2.25 bits per heavy atom. The molecule has 0 aliphatic carbocycles. The third kappa shape index (κ3) is 3.81. The molecular weight excluding hydrogens is 198 g/mol. The fourth-order valence-electron chi connectivity index (χ4n) is 1.64. The Morgan fingerprint density at radius 1 is 1.44 bits per heavy atom. The number of aryl methyl sites for hydroxylation is 1. The van der Waals surface area contributed by atoms with Gasteiger partial charge in [-0.1, -0.05) is 19.4 Å². The van der Waals surface area contributed by atoms with Gasteiger partial charge in [-0.2, -0.15) is 5.10 Å². The zero-order valence-electron chi connectivity index (χ0n) is 10.7. The molecular formula is C13H23N3. The minimum atomic E-state index is 0.929. The summed E-state index contributed by atoms with van der Waals surface area (Å²) in [4.78, 5) is 0. The van der Waals surface area contributed by atoms with Gasteiger partial charge in [-0.15, -0.1) is 0 Å². The molecule has 1 heterocycles. The van der Waals surface area contributed by atoms with Gasteiger partial charge in [-0.05, 0) is 38.5 Å². The fraction of sp³-hybridized carbons (Fsp3) is 0.615. The third-order valence-electron chi connectivity index (χ3n) is 2.63. The Kier molecular flexibility index (Phi) is 5.86. The van der Waals surface area contributed by atoms with Crippen molar-refractivity contribution in [3.63, 3.8) is 0 Å². The van der Waals surface area contributed by atoms with Gasteiger partial charge in [0.2, 0.25) is 0 Å². The summed E-state index contributed by atoms with van der Waals surface area (Å²) in [7, 11) is 0. The quantitative estimate of drug-likeness (QED) is 0.717. The first-order chi connectivity index (χ1) is 7.81. The molecule has 90 valence electrons. The summed E-state index contributed by atoms with van der Waals surface area (Å²) < 4.78 is 2.02. The number of aromatic nitrogens is 2. The molecule has 0 saturated heterocycles. The van der Waals surface area contributed by atoms with E-state index in [0.29, 0.717) is 0 Å². The van der Waals surface area contributed by atoms with Gasteiger partial charge >= 0.3 is 0 Å². The molecule has 1 N–H and O–H groups in total. The maximum Gasteiger partial charge on any atom is 0.0609 e. The van der Waals surface area contributed by atoms with Gasteiger partial charge in [0.05, 0.1) is 5.69 Å². The van der Waals surface area contributed by atoms with Gasteiger partial charge in [-0.3, -0.25) is 4.68 Å². The lowest BCUT2D eigenvalue weighted by molar-refractivity contribution is 0.652. The highest BCUT2D eigenvalue weighted by atomic mass is 15.3. The molecule has 0 aromatic carbocycles. The second-order valence-corrected chi connectivity index (χ2v) is 3.90. The van der Waals surface area contributed by atoms with Crippen molar-refractivity contribution in [3.8, 4) is 0 Å². The van der Waals surface area contributed by atoms with Crippen molar-refractivity contribution in [3.05, 3.63) is 23.5 Å². The third-order valence-corrected chi connectivity index (χ3v) is 2.63. The summed E-state index contributed by atoms with van der Waals surface area (Å²) in [6.07, 6.45) is 6.39. The number of rotatable bonds is 7. The van der Waals surface area contributed by atoms with Crippen LogP contribution in [0, 0.1) is 0 Å². The SMILES string of the molecule is CCCNCC(=Cc1ccnn1CC)CC. The Balaban J connectivity index is 2.63. The van der Waals surface area contributed by atoms with E-state index in [1.165, 1.54) is 17.7 Å². The maximum absolute atomic E-state index is 4.27. The summed E-state index contributed by atoms with van der Waals surface area (Å²) in [6, 6.07) is 2.07. The van der Waals surface area contributed by atoms with Crippen molar-refractivity contribution in [2.45, 2.75) is 40.2 Å². The van der Waals surface area contributed by atoms with E-state index < -0.39 is 0 Å². The zero-order valence-corrected chi connectivity index (χ0v) is 10.7. The normalized spacial score (nSPS) is 12.1. The topological polar surface area (TPSA) is 29.9 Å². The van der Waals surface area contributed by atoms with Crippen LogP contribution >= 0.6 is 0 Å². The highest BCUT2D eigenvalue weighted by Gasteiger charge is 1.99. The molecule has 0 spiro atoms. The van der Waals surface area contributed by atoms with Crippen LogP contribution in [-0.4, -0.2) is 22.9 Å². The lowest BCUT2D eigenvalue weighted by atomic mass is 10.1. The first-order valence-corrected chi connectivity index (χ1v) is 6.23. The first kappa shape index (κ1) is 13.0. The number of hydrogen-bond acceptors (Lipinski definition) is 2. The number of nitrogens with one attached hydrogen (secondary N) is 1. The van der Waals surface area contributed by atoms with E-state index >= 15 is 0 Å². The summed E-state index contributed by atoms with van der Waals surface area (Å²) in [5, 5.41) is 7.71. The summed E-state index contributed by atoms with van der Waals surface area (Å²) in [6.45, 7) is 9.51. The van der Waals surface area contributed by atoms with E-state index in [-0.39, 0.29) is 0 Å². The number of hydrogen-bond donors (Lipinski definition) is 1. The Labute approximate surface area is 98.5 Å². The van der Waals surface area contributed by atoms with Crippen molar-refractivity contribution >= 4 is 6.08 Å². The summed E-state index contributed by atoms with van der Waals surface area (Å²) >= 11 is 0. The highest BCUT2D eigenvalue weighted by Crippen LogP contribution is 2.08. The van der Waals surface area contributed by atoms with E-state index in [9.17, 15) is 0 Å². The lowest BCUT2D eigenvalue weighted by Gasteiger charge is -2.07. The molecule has 1 aromatic heterocycles. The van der Waals surface area contributed by atoms with E-state index in [4.69, 9.17) is 0 Å². The predicted molar refractivity (Wildman–Crippen MR) is 69.3 cm³/mol. The Hall–Kier alpha value is -1.09. The fourth-order valence-corrected chi connectivity index (χ4v) is 1.64. The molecule has 1 rings (SSSR count). The first-order valence-electron chi connectivity index (χ1n) is 6.23. The van der Waals surface area contributed by atoms with Gasteiger partial charge in [0.25, 0.3) is 0 Å². The molecule has 0 unspecified atom stereocenters. The second-order valence-electron chi connectivity index (χ2n) is 3.90. The van der Waals surface area contributed by atoms with Crippen LogP contribution in [0.3, 0.4) is 0 Å². The van der Waals surface area contributed by atoms with Crippen LogP contribution in [-0.2, 0) is 6.54 Å². The molecule has 0 atom stereocenters. The van der Waals surface area contributed by atoms with Crippen molar-refractivity contribution in [1.82, 2.24) is 15.1 Å². The molecule has 0 aliphatic heterocycles. The second kappa shape index (κ2) is 7.23. The molecule has 0 radical (unpaired) electrons. The van der Waals surface area contributed by atoms with Crippen LogP contribution in [0.4, 0.5) is 0 Å². The van der Waals surface area contributed by atoms with Crippen molar-refractivity contribution in [2.75, 3.05) is 13.1 Å². The Bertz CT molecular complexity index is 326. The summed E-state index contributed by atoms with van der Waals surface area (Å²) in [5.74, 6) is 0. The van der Waals surface area contributed by atoms with Crippen LogP contribution in [0.1, 0.15) is 39.3 Å². The standard InChI is InChI=1S/C13H23N3/c1-4-8-14-11-12(5-2)10-13-7-9-15-16(13)6-3/h7,9-10,14H,4-6,8,11H2,1-3H3. The molecule has 0 aliphatic rings. The molecule has 0 saturated carbocycles. The minimum absolute atomic E-state index is 0.929. The molecule has 0 amide bonds. The molecule has 1 aromatic rings. The number of nitrogens with zero attached hydrogens (tertiary/aromatic N) is 2. The van der Waals surface area contributed by atoms with Gasteiger partial charge in [0, 0.05) is 19.3 Å². The van der Waals surface area contributed by atoms with Crippen LogP contribution in [0.15, 0.2) is 17.8 Å². The van der Waals surface area contributed by atoms with Gasteiger partial charge in [-0.25, -0.2) is 0 Å². The van der Waals surface area contributed by atoms with Crippen LogP contribution < -0.4 is 5.32 Å². The zero-order chi connectivity index (χ0) is 11.8. The van der Waals surface area contributed by atoms with Crippen LogP contribution in [0.25, 0.3) is 6.08 Å². The molecule has 3 nitrogen and oxygen atoms in total. The van der Waals surface area contributed by atoms with E-state index in [1.54, 1.807) is 0 Å². The van der Waals surface area contributed by atoms with Gasteiger partial charge in [0.15, 0.2) is 0 Å². The monoisotopic (exact) mass is 221 g/mol. The minimum Gasteiger partial charge on any atom is -0.313 e. The van der Waals surface area contributed by atoms with Crippen LogP contribution in [0.5, 0.6) is 0 Å². The summed E-state index contributed by atoms with van der Waals surface area (Å²) in [5.41, 5.74) is 2.64. The average molecular weight is 221 g/mol. The average Bonchev–Trinajstić information content (AvgIpc) is 2.75. The van der Waals surface area contributed by atoms with Crippen molar-refractivity contribution < 1.29 is 0 Å². The highest BCUT2D eigenvalue weighted by molar-refractivity contribution is 5.49. The lowest BCUT2D eigenvalue weighted by Crippen LogP contribution is -2.17. The van der Waals surface area contributed by atoms with Crippen molar-refractivity contribution in [1.29, 1.82) is 0 Å². The maximum atomic E-state index is 4.27. The van der Waals surface area contributed by atoms with E-state index in [2.05, 4.69) is 43.3 Å². The molecule has 0 fully saturated rings. The largest absolute Gasteiger partial charge is 0.313 e. The molecule has 3 heteroatoms. The smallest absolute Gasteiger partial charge is 0.0609 e. The van der Waals surface area contributed by atoms with Gasteiger partial charge in [0.1, 0.15) is 0 Å². The molecule has 0 bridgehead atoms. The van der Waals surface area contributed by atoms with E-state index in [0.717, 1.165) is 26.1 Å². The molecule has 16 heavy (non-hydrogen) atoms.